The molecule has 2 aliphatic rings. The molecule has 230 valence electrons. The number of amides is 2. The Labute approximate surface area is 271 Å². The van der Waals surface area contributed by atoms with Gasteiger partial charge in [-0.05, 0) is 89.5 Å². The molecule has 3 heterocycles. The zero-order valence-corrected chi connectivity index (χ0v) is 26.5. The van der Waals surface area contributed by atoms with Crippen LogP contribution in [0.4, 0.5) is 22.9 Å². The Bertz CT molecular complexity index is 1910. The van der Waals surface area contributed by atoms with Gasteiger partial charge in [-0.3, -0.25) is 9.59 Å². The molecule has 46 heavy (non-hydrogen) atoms. The van der Waals surface area contributed by atoms with Gasteiger partial charge in [-0.2, -0.15) is 0 Å². The van der Waals surface area contributed by atoms with Gasteiger partial charge in [0.25, 0.3) is 0 Å². The second-order valence-corrected chi connectivity index (χ2v) is 11.8. The molecule has 1 aromatic heterocycles. The number of aromatic nitrogens is 1. The normalized spacial score (nSPS) is 13.9. The zero-order chi connectivity index (χ0) is 32.0. The van der Waals surface area contributed by atoms with Gasteiger partial charge in [-0.15, -0.1) is 0 Å². The number of benzene rings is 4. The van der Waals surface area contributed by atoms with Crippen molar-refractivity contribution in [3.8, 4) is 0 Å². The molecule has 4 aromatic carbocycles. The molecule has 0 spiro atoms. The first-order valence-corrected chi connectivity index (χ1v) is 15.7. The molecule has 1 N–H and O–H groups in total. The summed E-state index contributed by atoms with van der Waals surface area (Å²) in [6.45, 7) is 6.56. The Balaban J connectivity index is 0.000000167. The second-order valence-electron chi connectivity index (χ2n) is 11.8. The Kier molecular flexibility index (Phi) is 9.06. The quantitative estimate of drug-likeness (QED) is 0.219. The molecule has 0 fully saturated rings. The van der Waals surface area contributed by atoms with Crippen molar-refractivity contribution in [3.05, 3.63) is 148 Å². The summed E-state index contributed by atoms with van der Waals surface area (Å²) in [4.78, 5) is 32.3. The van der Waals surface area contributed by atoms with Crippen LogP contribution in [0.5, 0.6) is 0 Å². The fourth-order valence-electron chi connectivity index (χ4n) is 6.07. The summed E-state index contributed by atoms with van der Waals surface area (Å²) in [5, 5.41) is 3.35. The van der Waals surface area contributed by atoms with E-state index in [0.29, 0.717) is 13.1 Å². The third kappa shape index (κ3) is 6.92. The lowest BCUT2D eigenvalue weighted by Gasteiger charge is -2.28. The standard InChI is InChI=1S/C22H21N3O.C18H17NO/c1-16(26)25-15-19-11-12-20(24-22-8-4-5-13-23-22)14-18(19)10-9-17-6-2-3-7-21(17)25;1-13-7-8-17-12-19(14(2)20)18-6-4-3-5-15(18)9-10-16(17)11-13/h2-8,11-14H,9-10,15H2,1H3,(H,23,24);3-11H,12H2,1-2H3/b;10-9-. The molecule has 0 unspecified atom stereocenters. The number of hydrogen-bond donors (Lipinski definition) is 1. The molecule has 0 saturated heterocycles. The van der Waals surface area contributed by atoms with Gasteiger partial charge in [0.2, 0.25) is 11.8 Å². The fraction of sp³-hybridized carbons (Fsp3) is 0.175. The molecule has 2 aliphatic heterocycles. The Morgan fingerprint density at radius 2 is 1.28 bits per heavy atom. The number of nitrogens with zero attached hydrogens (tertiary/aromatic N) is 3. The van der Waals surface area contributed by atoms with Crippen LogP contribution in [0.3, 0.4) is 0 Å². The average Bonchev–Trinajstić information content (AvgIpc) is 3.04. The van der Waals surface area contributed by atoms with E-state index in [1.54, 1.807) is 20.0 Å². The third-order valence-electron chi connectivity index (χ3n) is 8.48. The fourth-order valence-corrected chi connectivity index (χ4v) is 6.07. The first-order valence-electron chi connectivity index (χ1n) is 15.7. The molecule has 0 radical (unpaired) electrons. The predicted molar refractivity (Wildman–Crippen MR) is 188 cm³/mol. The topological polar surface area (TPSA) is 65.5 Å². The maximum atomic E-state index is 12.2. The number of carbonyl (C=O) groups excluding carboxylic acids is 2. The number of anilines is 4. The highest BCUT2D eigenvalue weighted by molar-refractivity contribution is 5.95. The third-order valence-corrected chi connectivity index (χ3v) is 8.48. The predicted octanol–water partition coefficient (Wildman–Crippen LogP) is 8.51. The molecule has 0 bridgehead atoms. The van der Waals surface area contributed by atoms with E-state index in [1.165, 1.54) is 33.4 Å². The van der Waals surface area contributed by atoms with Crippen LogP contribution in [0.2, 0.25) is 0 Å². The van der Waals surface area contributed by atoms with Gasteiger partial charge in [0.1, 0.15) is 5.82 Å². The van der Waals surface area contributed by atoms with Crippen LogP contribution >= 0.6 is 0 Å². The molecular formula is C40H38N4O2. The van der Waals surface area contributed by atoms with Crippen LogP contribution < -0.4 is 15.1 Å². The highest BCUT2D eigenvalue weighted by atomic mass is 16.2. The molecule has 0 saturated carbocycles. The minimum absolute atomic E-state index is 0.0688. The molecule has 6 nitrogen and oxygen atoms in total. The lowest BCUT2D eigenvalue weighted by atomic mass is 9.95. The van der Waals surface area contributed by atoms with Crippen LogP contribution in [0.15, 0.2) is 109 Å². The van der Waals surface area contributed by atoms with Gasteiger partial charge in [0.15, 0.2) is 0 Å². The summed E-state index contributed by atoms with van der Waals surface area (Å²) >= 11 is 0. The van der Waals surface area contributed by atoms with Crippen LogP contribution in [0.25, 0.3) is 12.2 Å². The Hall–Kier alpha value is -5.49. The summed E-state index contributed by atoms with van der Waals surface area (Å²) < 4.78 is 0. The van der Waals surface area contributed by atoms with Crippen LogP contribution in [-0.4, -0.2) is 16.8 Å². The highest BCUT2D eigenvalue weighted by Gasteiger charge is 2.21. The molecule has 2 amide bonds. The number of carbonyl (C=O) groups is 2. The summed E-state index contributed by atoms with van der Waals surface area (Å²) in [5.74, 6) is 0.967. The number of pyridine rings is 1. The number of fused-ring (bicyclic) bond motifs is 4. The Morgan fingerprint density at radius 1 is 0.630 bits per heavy atom. The average molecular weight is 607 g/mol. The summed E-state index contributed by atoms with van der Waals surface area (Å²) in [6.07, 6.45) is 7.87. The van der Waals surface area contributed by atoms with E-state index in [4.69, 9.17) is 0 Å². The number of aryl methyl sites for hydroxylation is 3. The summed E-state index contributed by atoms with van der Waals surface area (Å²) in [5.41, 5.74) is 11.4. The largest absolute Gasteiger partial charge is 0.340 e. The Morgan fingerprint density at radius 3 is 2.07 bits per heavy atom. The maximum Gasteiger partial charge on any atom is 0.224 e. The van der Waals surface area contributed by atoms with Gasteiger partial charge in [-0.25, -0.2) is 4.98 Å². The molecular weight excluding hydrogens is 568 g/mol. The highest BCUT2D eigenvalue weighted by Crippen LogP contribution is 2.31. The molecule has 0 aliphatic carbocycles. The van der Waals surface area contributed by atoms with E-state index in [0.717, 1.165) is 41.3 Å². The molecule has 6 heteroatoms. The first-order chi connectivity index (χ1) is 22.4. The van der Waals surface area contributed by atoms with Crippen LogP contribution in [0, 0.1) is 6.92 Å². The number of nitrogens with one attached hydrogen (secondary N) is 1. The van der Waals surface area contributed by atoms with Gasteiger partial charge >= 0.3 is 0 Å². The van der Waals surface area contributed by atoms with Gasteiger partial charge < -0.3 is 15.1 Å². The smallest absolute Gasteiger partial charge is 0.224 e. The van der Waals surface area contributed by atoms with Crippen molar-refractivity contribution in [2.75, 3.05) is 15.1 Å². The van der Waals surface area contributed by atoms with Crippen molar-refractivity contribution in [1.29, 1.82) is 0 Å². The SMILES string of the molecule is CC(=O)N1Cc2ccc(C)cc2/C=C\c2ccccc21.CC(=O)N1Cc2ccc(Nc3ccccn3)cc2CCc2ccccc21. The van der Waals surface area contributed by atoms with E-state index in [1.807, 2.05) is 70.5 Å². The van der Waals surface area contributed by atoms with E-state index >= 15 is 0 Å². The number of rotatable bonds is 2. The van der Waals surface area contributed by atoms with Crippen LogP contribution in [-0.2, 0) is 35.5 Å². The van der Waals surface area contributed by atoms with Crippen molar-refractivity contribution >= 4 is 46.8 Å². The van der Waals surface area contributed by atoms with E-state index in [-0.39, 0.29) is 11.8 Å². The molecule has 0 atom stereocenters. The maximum absolute atomic E-state index is 12.2. The van der Waals surface area contributed by atoms with E-state index in [2.05, 4.69) is 71.8 Å². The lowest BCUT2D eigenvalue weighted by molar-refractivity contribution is -0.117. The minimum atomic E-state index is 0.0688. The van der Waals surface area contributed by atoms with Crippen molar-refractivity contribution in [2.45, 2.75) is 46.7 Å². The van der Waals surface area contributed by atoms with Crippen molar-refractivity contribution in [1.82, 2.24) is 4.98 Å². The van der Waals surface area contributed by atoms with Crippen molar-refractivity contribution in [3.63, 3.8) is 0 Å². The van der Waals surface area contributed by atoms with Crippen molar-refractivity contribution < 1.29 is 9.59 Å². The minimum Gasteiger partial charge on any atom is -0.340 e. The summed E-state index contributed by atoms with van der Waals surface area (Å²) in [6, 6.07) is 34.7. The van der Waals surface area contributed by atoms with Crippen LogP contribution in [0.1, 0.15) is 52.8 Å². The van der Waals surface area contributed by atoms with Gasteiger partial charge in [0, 0.05) is 31.4 Å². The molecule has 5 aromatic rings. The first kappa shape index (κ1) is 30.5. The monoisotopic (exact) mass is 606 g/mol. The van der Waals surface area contributed by atoms with E-state index < -0.39 is 0 Å². The van der Waals surface area contributed by atoms with Crippen molar-refractivity contribution in [2.24, 2.45) is 0 Å². The number of para-hydroxylation sites is 2. The molecule has 7 rings (SSSR count). The lowest BCUT2D eigenvalue weighted by Crippen LogP contribution is -2.30. The van der Waals surface area contributed by atoms with Gasteiger partial charge in [-0.1, -0.05) is 84.4 Å². The van der Waals surface area contributed by atoms with Gasteiger partial charge in [0.05, 0.1) is 18.8 Å². The second kappa shape index (κ2) is 13.7. The number of hydrogen-bond acceptors (Lipinski definition) is 4. The van der Waals surface area contributed by atoms with E-state index in [9.17, 15) is 9.59 Å². The summed E-state index contributed by atoms with van der Waals surface area (Å²) in [7, 11) is 0. The zero-order valence-electron chi connectivity index (χ0n) is 26.5.